The molecular formula is C16H20ClF3N4O2. The summed E-state index contributed by atoms with van der Waals surface area (Å²) in [5.74, 6) is -2.08. The first-order valence-corrected chi connectivity index (χ1v) is 8.59. The number of halogens is 4. The van der Waals surface area contributed by atoms with Crippen molar-refractivity contribution in [3.63, 3.8) is 0 Å². The van der Waals surface area contributed by atoms with E-state index in [0.29, 0.717) is 6.42 Å². The van der Waals surface area contributed by atoms with E-state index >= 15 is 0 Å². The molecule has 2 aliphatic rings. The SMILES string of the molecule is COc1ncc(Cl)c(N[C@@H]2CN(C(=O)C3CC3(C)C)C[C@H]2C(F)(F)F)n1. The van der Waals surface area contributed by atoms with Crippen LogP contribution in [0.25, 0.3) is 0 Å². The van der Waals surface area contributed by atoms with Gasteiger partial charge in [0, 0.05) is 19.0 Å². The van der Waals surface area contributed by atoms with Crippen molar-refractivity contribution < 1.29 is 22.7 Å². The van der Waals surface area contributed by atoms with Crippen LogP contribution < -0.4 is 10.1 Å². The molecule has 26 heavy (non-hydrogen) atoms. The fourth-order valence-electron chi connectivity index (χ4n) is 3.30. The second-order valence-corrected chi connectivity index (χ2v) is 7.85. The number of nitrogens with one attached hydrogen (secondary N) is 1. The van der Waals surface area contributed by atoms with Crippen molar-refractivity contribution in [1.82, 2.24) is 14.9 Å². The molecule has 1 amide bonds. The molecule has 1 saturated heterocycles. The van der Waals surface area contributed by atoms with Crippen LogP contribution in [0.4, 0.5) is 19.0 Å². The molecule has 3 atom stereocenters. The maximum absolute atomic E-state index is 13.5. The molecular weight excluding hydrogens is 373 g/mol. The van der Waals surface area contributed by atoms with Crippen LogP contribution in [0.15, 0.2) is 6.20 Å². The summed E-state index contributed by atoms with van der Waals surface area (Å²) in [6.45, 7) is 3.45. The number of alkyl halides is 3. The molecule has 1 aliphatic heterocycles. The predicted molar refractivity (Wildman–Crippen MR) is 89.0 cm³/mol. The van der Waals surface area contributed by atoms with Crippen LogP contribution in [-0.4, -0.2) is 53.2 Å². The first kappa shape index (κ1) is 19.0. The topological polar surface area (TPSA) is 67.3 Å². The quantitative estimate of drug-likeness (QED) is 0.853. The van der Waals surface area contributed by atoms with Crippen LogP contribution >= 0.6 is 11.6 Å². The van der Waals surface area contributed by atoms with Crippen LogP contribution in [-0.2, 0) is 4.79 Å². The molecule has 1 aromatic heterocycles. The zero-order valence-corrected chi connectivity index (χ0v) is 15.4. The monoisotopic (exact) mass is 392 g/mol. The summed E-state index contributed by atoms with van der Waals surface area (Å²) in [4.78, 5) is 21.6. The smallest absolute Gasteiger partial charge is 0.395 e. The summed E-state index contributed by atoms with van der Waals surface area (Å²) in [6.07, 6.45) is -2.50. The lowest BCUT2D eigenvalue weighted by Crippen LogP contribution is -2.38. The van der Waals surface area contributed by atoms with Crippen LogP contribution in [0.5, 0.6) is 6.01 Å². The number of ether oxygens (including phenoxy) is 1. The first-order valence-electron chi connectivity index (χ1n) is 8.21. The number of aromatic nitrogens is 2. The Morgan fingerprint density at radius 3 is 2.62 bits per heavy atom. The van der Waals surface area contributed by atoms with Crippen LogP contribution in [0, 0.1) is 17.3 Å². The van der Waals surface area contributed by atoms with Gasteiger partial charge in [0.05, 0.1) is 25.3 Å². The van der Waals surface area contributed by atoms with E-state index in [1.165, 1.54) is 18.2 Å². The van der Waals surface area contributed by atoms with Crippen molar-refractivity contribution in [3.8, 4) is 6.01 Å². The second kappa shape index (κ2) is 6.44. The average molecular weight is 393 g/mol. The normalized spacial score (nSPS) is 27.3. The average Bonchev–Trinajstić information content (AvgIpc) is 2.99. The highest BCUT2D eigenvalue weighted by Crippen LogP contribution is 2.53. The standard InChI is InChI=1S/C16H20ClF3N4O2/c1-15(2)4-8(15)13(25)24-6-9(16(18,19)20)11(7-24)22-12-10(17)5-21-14(23-12)26-3/h5,8-9,11H,4,6-7H2,1-3H3,(H,21,22,23)/t8?,9-,11-/m1/s1. The van der Waals surface area contributed by atoms with Gasteiger partial charge in [-0.25, -0.2) is 4.98 Å². The van der Waals surface area contributed by atoms with Crippen molar-refractivity contribution in [2.24, 2.45) is 17.3 Å². The molecule has 3 rings (SSSR count). The third-order valence-electron chi connectivity index (χ3n) is 5.09. The number of hydrogen-bond donors (Lipinski definition) is 1. The zero-order chi connectivity index (χ0) is 19.3. The van der Waals surface area contributed by atoms with Gasteiger partial charge in [0.25, 0.3) is 0 Å². The lowest BCUT2D eigenvalue weighted by atomic mass is 10.0. The van der Waals surface area contributed by atoms with Crippen LogP contribution in [0.2, 0.25) is 5.02 Å². The number of likely N-dealkylation sites (tertiary alicyclic amines) is 1. The summed E-state index contributed by atoms with van der Waals surface area (Å²) >= 11 is 5.99. The van der Waals surface area contributed by atoms with Crippen LogP contribution in [0.1, 0.15) is 20.3 Å². The third kappa shape index (κ3) is 3.67. The van der Waals surface area contributed by atoms with Gasteiger partial charge in [0.1, 0.15) is 5.02 Å². The predicted octanol–water partition coefficient (Wildman–Crippen LogP) is 2.99. The number of carbonyl (C=O) groups is 1. The largest absolute Gasteiger partial charge is 0.467 e. The number of rotatable bonds is 4. The maximum atomic E-state index is 13.5. The van der Waals surface area contributed by atoms with Gasteiger partial charge in [0.2, 0.25) is 5.91 Å². The molecule has 0 bridgehead atoms. The van der Waals surface area contributed by atoms with E-state index in [9.17, 15) is 18.0 Å². The molecule has 1 aliphatic carbocycles. The molecule has 1 aromatic rings. The molecule has 2 fully saturated rings. The molecule has 144 valence electrons. The van der Waals surface area contributed by atoms with E-state index in [2.05, 4.69) is 15.3 Å². The number of amides is 1. The van der Waals surface area contributed by atoms with Crippen molar-refractivity contribution in [2.75, 3.05) is 25.5 Å². The van der Waals surface area contributed by atoms with Gasteiger partial charge in [-0.1, -0.05) is 25.4 Å². The highest BCUT2D eigenvalue weighted by molar-refractivity contribution is 6.32. The zero-order valence-electron chi connectivity index (χ0n) is 14.6. The summed E-state index contributed by atoms with van der Waals surface area (Å²) in [5.41, 5.74) is -0.139. The van der Waals surface area contributed by atoms with E-state index in [0.717, 1.165) is 0 Å². The number of hydrogen-bond acceptors (Lipinski definition) is 5. The summed E-state index contributed by atoms with van der Waals surface area (Å²) in [6, 6.07) is -1.05. The van der Waals surface area contributed by atoms with E-state index in [4.69, 9.17) is 16.3 Å². The Kier molecular flexibility index (Phi) is 4.71. The number of nitrogens with zero attached hydrogens (tertiary/aromatic N) is 3. The van der Waals surface area contributed by atoms with Gasteiger partial charge in [-0.05, 0) is 11.8 Å². The van der Waals surface area contributed by atoms with Gasteiger partial charge in [-0.2, -0.15) is 18.2 Å². The van der Waals surface area contributed by atoms with E-state index < -0.39 is 18.1 Å². The highest BCUT2D eigenvalue weighted by atomic mass is 35.5. The molecule has 1 unspecified atom stereocenters. The Bertz CT molecular complexity index is 713. The molecule has 1 N–H and O–H groups in total. The Labute approximate surface area is 154 Å². The summed E-state index contributed by atoms with van der Waals surface area (Å²) < 4.78 is 45.4. The van der Waals surface area contributed by atoms with Crippen molar-refractivity contribution in [3.05, 3.63) is 11.2 Å². The lowest BCUT2D eigenvalue weighted by molar-refractivity contribution is -0.172. The molecule has 6 nitrogen and oxygen atoms in total. The van der Waals surface area contributed by atoms with Gasteiger partial charge in [-0.15, -0.1) is 0 Å². The van der Waals surface area contributed by atoms with Gasteiger partial charge in [-0.3, -0.25) is 4.79 Å². The molecule has 0 aromatic carbocycles. The van der Waals surface area contributed by atoms with E-state index in [-0.39, 0.29) is 47.2 Å². The van der Waals surface area contributed by atoms with Crippen molar-refractivity contribution >= 4 is 23.3 Å². The van der Waals surface area contributed by atoms with Crippen molar-refractivity contribution in [1.29, 1.82) is 0 Å². The minimum absolute atomic E-state index is 0.00822. The Morgan fingerprint density at radius 2 is 2.08 bits per heavy atom. The summed E-state index contributed by atoms with van der Waals surface area (Å²) in [5, 5.41) is 2.81. The third-order valence-corrected chi connectivity index (χ3v) is 5.37. The fourth-order valence-corrected chi connectivity index (χ4v) is 3.44. The van der Waals surface area contributed by atoms with E-state index in [1.807, 2.05) is 13.8 Å². The molecule has 1 saturated carbocycles. The number of anilines is 1. The molecule has 2 heterocycles. The highest BCUT2D eigenvalue weighted by Gasteiger charge is 2.56. The first-order chi connectivity index (χ1) is 12.0. The molecule has 10 heteroatoms. The fraction of sp³-hybridized carbons (Fsp3) is 0.688. The minimum Gasteiger partial charge on any atom is -0.467 e. The van der Waals surface area contributed by atoms with Gasteiger partial charge >= 0.3 is 12.2 Å². The Morgan fingerprint density at radius 1 is 1.42 bits per heavy atom. The molecule has 0 spiro atoms. The molecule has 0 radical (unpaired) electrons. The number of methoxy groups -OCH3 is 1. The minimum atomic E-state index is -4.45. The summed E-state index contributed by atoms with van der Waals surface area (Å²) in [7, 11) is 1.35. The number of carbonyl (C=O) groups excluding carboxylic acids is 1. The lowest BCUT2D eigenvalue weighted by Gasteiger charge is -2.22. The second-order valence-electron chi connectivity index (χ2n) is 7.44. The van der Waals surface area contributed by atoms with Gasteiger partial charge < -0.3 is 15.0 Å². The van der Waals surface area contributed by atoms with Gasteiger partial charge in [0.15, 0.2) is 5.82 Å². The Balaban J connectivity index is 1.79. The van der Waals surface area contributed by atoms with E-state index in [1.54, 1.807) is 0 Å². The maximum Gasteiger partial charge on any atom is 0.395 e. The van der Waals surface area contributed by atoms with Crippen molar-refractivity contribution in [2.45, 2.75) is 32.5 Å². The Hall–Kier alpha value is -1.77. The van der Waals surface area contributed by atoms with Crippen LogP contribution in [0.3, 0.4) is 0 Å².